The molecule has 2 aromatic carbocycles. The summed E-state index contributed by atoms with van der Waals surface area (Å²) in [6.07, 6.45) is 1.77. The first-order valence-electron chi connectivity index (χ1n) is 9.21. The second-order valence-electron chi connectivity index (χ2n) is 7.11. The van der Waals surface area contributed by atoms with Crippen molar-refractivity contribution in [2.75, 3.05) is 18.4 Å². The number of anilines is 1. The summed E-state index contributed by atoms with van der Waals surface area (Å²) in [5.41, 5.74) is 4.16. The molecule has 5 nitrogen and oxygen atoms in total. The summed E-state index contributed by atoms with van der Waals surface area (Å²) < 4.78 is 0. The van der Waals surface area contributed by atoms with Crippen LogP contribution in [0.5, 0.6) is 0 Å². The molecule has 4 rings (SSSR count). The molecule has 1 aromatic heterocycles. The van der Waals surface area contributed by atoms with Crippen molar-refractivity contribution in [3.8, 4) is 0 Å². The topological polar surface area (TPSA) is 61.0 Å². The first-order chi connectivity index (χ1) is 12.7. The molecule has 1 saturated heterocycles. The molecule has 26 heavy (non-hydrogen) atoms. The van der Waals surface area contributed by atoms with Gasteiger partial charge in [-0.2, -0.15) is 0 Å². The normalized spacial score (nSPS) is 16.0. The number of benzene rings is 2. The van der Waals surface area contributed by atoms with E-state index in [1.807, 2.05) is 55.5 Å². The fourth-order valence-corrected chi connectivity index (χ4v) is 3.53. The number of H-pyrrole nitrogens is 1. The van der Waals surface area contributed by atoms with Gasteiger partial charge in [-0.25, -0.2) is 4.98 Å². The number of aromatic amines is 1. The van der Waals surface area contributed by atoms with Crippen LogP contribution in [0.15, 0.2) is 48.5 Å². The van der Waals surface area contributed by atoms with Crippen molar-refractivity contribution >= 4 is 22.6 Å². The lowest BCUT2D eigenvalue weighted by Gasteiger charge is -2.30. The lowest BCUT2D eigenvalue weighted by molar-refractivity contribution is -0.121. The van der Waals surface area contributed by atoms with Gasteiger partial charge in [-0.1, -0.05) is 29.8 Å². The van der Waals surface area contributed by atoms with E-state index in [1.54, 1.807) is 0 Å². The third kappa shape index (κ3) is 3.78. The van der Waals surface area contributed by atoms with Crippen molar-refractivity contribution < 1.29 is 4.79 Å². The van der Waals surface area contributed by atoms with Gasteiger partial charge in [0.2, 0.25) is 5.91 Å². The number of carbonyl (C=O) groups excluding carboxylic acids is 1. The Morgan fingerprint density at radius 2 is 1.88 bits per heavy atom. The van der Waals surface area contributed by atoms with Crippen LogP contribution in [0.4, 0.5) is 5.69 Å². The van der Waals surface area contributed by atoms with Gasteiger partial charge in [-0.15, -0.1) is 0 Å². The highest BCUT2D eigenvalue weighted by molar-refractivity contribution is 5.92. The second kappa shape index (κ2) is 7.30. The number of aryl methyl sites for hydroxylation is 1. The van der Waals surface area contributed by atoms with Crippen LogP contribution in [0, 0.1) is 12.8 Å². The molecule has 1 amide bonds. The molecular weight excluding hydrogens is 324 g/mol. The zero-order valence-corrected chi connectivity index (χ0v) is 15.0. The highest BCUT2D eigenvalue weighted by Gasteiger charge is 2.25. The summed E-state index contributed by atoms with van der Waals surface area (Å²) in [4.78, 5) is 22.9. The van der Waals surface area contributed by atoms with Crippen LogP contribution < -0.4 is 5.32 Å². The molecule has 2 heterocycles. The number of aromatic nitrogens is 2. The Kier molecular flexibility index (Phi) is 4.71. The molecule has 0 atom stereocenters. The highest BCUT2D eigenvalue weighted by atomic mass is 16.1. The number of fused-ring (bicyclic) bond motifs is 1. The third-order valence-corrected chi connectivity index (χ3v) is 5.09. The summed E-state index contributed by atoms with van der Waals surface area (Å²) in [5.74, 6) is 1.22. The molecule has 0 unspecified atom stereocenters. The van der Waals surface area contributed by atoms with Gasteiger partial charge in [0.15, 0.2) is 0 Å². The SMILES string of the molecule is Cc1ccc(NC(=O)C2CCN(Cc3nc4ccccc4[nH]3)CC2)cc1. The Bertz CT molecular complexity index is 859. The van der Waals surface area contributed by atoms with Gasteiger partial charge < -0.3 is 10.3 Å². The van der Waals surface area contributed by atoms with Gasteiger partial charge in [-0.3, -0.25) is 9.69 Å². The maximum Gasteiger partial charge on any atom is 0.227 e. The Hall–Kier alpha value is -2.66. The maximum absolute atomic E-state index is 12.5. The Labute approximate surface area is 153 Å². The predicted octanol–water partition coefficient (Wildman–Crippen LogP) is 3.72. The molecule has 0 saturated carbocycles. The van der Waals surface area contributed by atoms with Crippen LogP contribution in [0.1, 0.15) is 24.2 Å². The quantitative estimate of drug-likeness (QED) is 0.755. The summed E-state index contributed by atoms with van der Waals surface area (Å²) >= 11 is 0. The number of carbonyl (C=O) groups is 1. The molecule has 1 fully saturated rings. The third-order valence-electron chi connectivity index (χ3n) is 5.09. The molecule has 0 spiro atoms. The number of nitrogens with one attached hydrogen (secondary N) is 2. The highest BCUT2D eigenvalue weighted by Crippen LogP contribution is 2.21. The number of likely N-dealkylation sites (tertiary alicyclic amines) is 1. The molecule has 0 bridgehead atoms. The monoisotopic (exact) mass is 348 g/mol. The van der Waals surface area contributed by atoms with E-state index < -0.39 is 0 Å². The van der Waals surface area contributed by atoms with Gasteiger partial charge in [0.1, 0.15) is 5.82 Å². The summed E-state index contributed by atoms with van der Waals surface area (Å²) in [5, 5.41) is 3.05. The summed E-state index contributed by atoms with van der Waals surface area (Å²) in [7, 11) is 0. The molecule has 2 N–H and O–H groups in total. The van der Waals surface area contributed by atoms with Crippen molar-refractivity contribution in [1.82, 2.24) is 14.9 Å². The van der Waals surface area contributed by atoms with E-state index in [0.717, 1.165) is 55.0 Å². The summed E-state index contributed by atoms with van der Waals surface area (Å²) in [6.45, 7) is 4.69. The van der Waals surface area contributed by atoms with E-state index in [0.29, 0.717) is 0 Å². The number of rotatable bonds is 4. The lowest BCUT2D eigenvalue weighted by atomic mass is 9.96. The largest absolute Gasteiger partial charge is 0.341 e. The Morgan fingerprint density at radius 3 is 2.62 bits per heavy atom. The first-order valence-corrected chi connectivity index (χ1v) is 9.21. The maximum atomic E-state index is 12.5. The molecule has 1 aliphatic heterocycles. The number of amides is 1. The van der Waals surface area contributed by atoms with Crippen molar-refractivity contribution in [2.45, 2.75) is 26.3 Å². The van der Waals surface area contributed by atoms with E-state index in [4.69, 9.17) is 0 Å². The van der Waals surface area contributed by atoms with Crippen LogP contribution in [0.2, 0.25) is 0 Å². The van der Waals surface area contributed by atoms with E-state index in [-0.39, 0.29) is 11.8 Å². The van der Waals surface area contributed by atoms with Gasteiger partial charge in [-0.05, 0) is 57.1 Å². The van der Waals surface area contributed by atoms with Gasteiger partial charge >= 0.3 is 0 Å². The second-order valence-corrected chi connectivity index (χ2v) is 7.11. The average molecular weight is 348 g/mol. The van der Waals surface area contributed by atoms with Crippen molar-refractivity contribution in [3.63, 3.8) is 0 Å². The average Bonchev–Trinajstić information content (AvgIpc) is 3.06. The molecule has 5 heteroatoms. The molecule has 0 radical (unpaired) electrons. The smallest absolute Gasteiger partial charge is 0.227 e. The van der Waals surface area contributed by atoms with Crippen LogP contribution >= 0.6 is 0 Å². The first kappa shape index (κ1) is 16.8. The molecule has 0 aliphatic carbocycles. The number of hydrogen-bond donors (Lipinski definition) is 2. The fraction of sp³-hybridized carbons (Fsp3) is 0.333. The minimum atomic E-state index is 0.0863. The lowest BCUT2D eigenvalue weighted by Crippen LogP contribution is -2.38. The number of nitrogens with zero attached hydrogens (tertiary/aromatic N) is 2. The predicted molar refractivity (Wildman–Crippen MR) is 104 cm³/mol. The molecular formula is C21H24N4O. The van der Waals surface area contributed by atoms with Gasteiger partial charge in [0, 0.05) is 11.6 Å². The number of piperidine rings is 1. The summed E-state index contributed by atoms with van der Waals surface area (Å²) in [6, 6.07) is 16.1. The zero-order chi connectivity index (χ0) is 17.9. The van der Waals surface area contributed by atoms with E-state index in [2.05, 4.69) is 20.2 Å². The van der Waals surface area contributed by atoms with Gasteiger partial charge in [0.25, 0.3) is 0 Å². The Morgan fingerprint density at radius 1 is 1.15 bits per heavy atom. The standard InChI is InChI=1S/C21H24N4O/c1-15-6-8-17(9-7-15)22-21(26)16-10-12-25(13-11-16)14-20-23-18-4-2-3-5-19(18)24-20/h2-9,16H,10-14H2,1H3,(H,22,26)(H,23,24). The number of imidazole rings is 1. The van der Waals surface area contributed by atoms with E-state index in [1.165, 1.54) is 5.56 Å². The van der Waals surface area contributed by atoms with Crippen molar-refractivity contribution in [1.29, 1.82) is 0 Å². The molecule has 3 aromatic rings. The van der Waals surface area contributed by atoms with Crippen molar-refractivity contribution in [2.24, 2.45) is 5.92 Å². The number of hydrogen-bond acceptors (Lipinski definition) is 3. The van der Waals surface area contributed by atoms with Crippen LogP contribution in [-0.2, 0) is 11.3 Å². The minimum absolute atomic E-state index is 0.0863. The van der Waals surface area contributed by atoms with Gasteiger partial charge in [0.05, 0.1) is 17.6 Å². The van der Waals surface area contributed by atoms with Crippen LogP contribution in [-0.4, -0.2) is 33.9 Å². The zero-order valence-electron chi connectivity index (χ0n) is 15.0. The van der Waals surface area contributed by atoms with E-state index >= 15 is 0 Å². The number of para-hydroxylation sites is 2. The minimum Gasteiger partial charge on any atom is -0.341 e. The fourth-order valence-electron chi connectivity index (χ4n) is 3.53. The molecule has 134 valence electrons. The van der Waals surface area contributed by atoms with Crippen LogP contribution in [0.3, 0.4) is 0 Å². The van der Waals surface area contributed by atoms with Crippen LogP contribution in [0.25, 0.3) is 11.0 Å². The molecule has 1 aliphatic rings. The van der Waals surface area contributed by atoms with E-state index in [9.17, 15) is 4.79 Å². The van der Waals surface area contributed by atoms with Crippen molar-refractivity contribution in [3.05, 3.63) is 59.9 Å². The Balaban J connectivity index is 1.30.